The topological polar surface area (TPSA) is 99.8 Å². The Kier molecular flexibility index (Phi) is 6.93. The number of nitrogens with one attached hydrogen (secondary N) is 1. The van der Waals surface area contributed by atoms with Gasteiger partial charge in [-0.25, -0.2) is 4.79 Å². The molecule has 7 heteroatoms. The van der Waals surface area contributed by atoms with E-state index < -0.39 is 18.0 Å². The highest BCUT2D eigenvalue weighted by Crippen LogP contribution is 2.30. The number of hydrogen-bond acceptors (Lipinski definition) is 5. The van der Waals surface area contributed by atoms with Crippen molar-refractivity contribution in [1.29, 1.82) is 0 Å². The number of benzene rings is 2. The third-order valence-corrected chi connectivity index (χ3v) is 4.91. The molecule has 0 saturated heterocycles. The van der Waals surface area contributed by atoms with Gasteiger partial charge >= 0.3 is 11.6 Å². The third kappa shape index (κ3) is 4.71. The first kappa shape index (κ1) is 22.3. The van der Waals surface area contributed by atoms with Gasteiger partial charge in [-0.3, -0.25) is 4.79 Å². The minimum atomic E-state index is -1.10. The summed E-state index contributed by atoms with van der Waals surface area (Å²) in [5, 5.41) is 23.2. The summed E-state index contributed by atoms with van der Waals surface area (Å²) in [6.07, 6.45) is -0.402. The SMILES string of the molecule is Cc1c(CC(=O)O)c(=O)oc2c(CNc3ccc(C(C)C)cc3)c(O)ccc12.Cl. The Hall–Kier alpha value is -2.99. The third-order valence-electron chi connectivity index (χ3n) is 4.91. The number of aromatic hydroxyl groups is 1. The fraction of sp³-hybridized carbons (Fsp3) is 0.273. The number of phenolic OH excluding ortho intramolecular Hbond substituents is 1. The minimum Gasteiger partial charge on any atom is -0.507 e. The summed E-state index contributed by atoms with van der Waals surface area (Å²) in [5.41, 5.74) is 2.80. The van der Waals surface area contributed by atoms with Crippen molar-refractivity contribution in [2.45, 2.75) is 39.7 Å². The molecule has 3 aromatic rings. The first-order valence-electron chi connectivity index (χ1n) is 9.10. The fourth-order valence-corrected chi connectivity index (χ4v) is 3.20. The molecule has 0 unspecified atom stereocenters. The predicted molar refractivity (Wildman–Crippen MR) is 115 cm³/mol. The van der Waals surface area contributed by atoms with Gasteiger partial charge < -0.3 is 19.9 Å². The van der Waals surface area contributed by atoms with E-state index in [0.717, 1.165) is 5.69 Å². The zero-order chi connectivity index (χ0) is 20.4. The minimum absolute atomic E-state index is 0. The lowest BCUT2D eigenvalue weighted by atomic mass is 10.0. The summed E-state index contributed by atoms with van der Waals surface area (Å²) in [7, 11) is 0. The highest BCUT2D eigenvalue weighted by molar-refractivity contribution is 5.87. The van der Waals surface area contributed by atoms with Crippen molar-refractivity contribution in [2.75, 3.05) is 5.32 Å². The molecule has 0 saturated carbocycles. The van der Waals surface area contributed by atoms with E-state index in [1.165, 1.54) is 11.6 Å². The second-order valence-electron chi connectivity index (χ2n) is 7.13. The number of carboxylic acids is 1. The van der Waals surface area contributed by atoms with Gasteiger partial charge in [0, 0.05) is 17.6 Å². The molecule has 1 aromatic heterocycles. The van der Waals surface area contributed by atoms with Gasteiger partial charge in [0.05, 0.1) is 17.5 Å². The summed E-state index contributed by atoms with van der Waals surface area (Å²) in [4.78, 5) is 23.3. The van der Waals surface area contributed by atoms with Crippen molar-refractivity contribution >= 4 is 35.0 Å². The van der Waals surface area contributed by atoms with Crippen LogP contribution < -0.4 is 10.9 Å². The molecular formula is C22H24ClNO5. The van der Waals surface area contributed by atoms with E-state index >= 15 is 0 Å². The molecule has 154 valence electrons. The van der Waals surface area contributed by atoms with Crippen LogP contribution in [-0.2, 0) is 17.8 Å². The Morgan fingerprint density at radius 2 is 1.76 bits per heavy atom. The van der Waals surface area contributed by atoms with Crippen LogP contribution in [0.2, 0.25) is 0 Å². The second-order valence-corrected chi connectivity index (χ2v) is 7.13. The summed E-state index contributed by atoms with van der Waals surface area (Å²) in [6, 6.07) is 11.2. The molecule has 0 bridgehead atoms. The number of aliphatic carboxylic acids is 1. The standard InChI is InChI=1S/C22H23NO5.ClH/c1-12(2)14-4-6-15(7-5-14)23-11-18-19(24)9-8-16-13(3)17(10-20(25)26)22(27)28-21(16)18;/h4-9,12,23-24H,10-11H2,1-3H3,(H,25,26);1H. The van der Waals surface area contributed by atoms with Crippen molar-refractivity contribution in [3.05, 3.63) is 69.1 Å². The van der Waals surface area contributed by atoms with Crippen molar-refractivity contribution in [2.24, 2.45) is 0 Å². The van der Waals surface area contributed by atoms with E-state index in [1.54, 1.807) is 13.0 Å². The average Bonchev–Trinajstić information content (AvgIpc) is 2.64. The van der Waals surface area contributed by atoms with Gasteiger partial charge in [-0.05, 0) is 48.2 Å². The van der Waals surface area contributed by atoms with Crippen molar-refractivity contribution < 1.29 is 19.4 Å². The zero-order valence-corrected chi connectivity index (χ0v) is 17.3. The molecule has 29 heavy (non-hydrogen) atoms. The number of carboxylic acid groups (broad SMARTS) is 1. The number of anilines is 1. The molecule has 2 aromatic carbocycles. The molecule has 3 N–H and O–H groups in total. The Morgan fingerprint density at radius 1 is 1.10 bits per heavy atom. The fourth-order valence-electron chi connectivity index (χ4n) is 3.20. The lowest BCUT2D eigenvalue weighted by Gasteiger charge is -2.13. The highest BCUT2D eigenvalue weighted by Gasteiger charge is 2.18. The maximum atomic E-state index is 12.3. The molecule has 0 aliphatic carbocycles. The van der Waals surface area contributed by atoms with E-state index in [9.17, 15) is 14.7 Å². The van der Waals surface area contributed by atoms with Gasteiger partial charge in [-0.2, -0.15) is 0 Å². The molecule has 0 amide bonds. The van der Waals surface area contributed by atoms with Crippen LogP contribution in [-0.4, -0.2) is 16.2 Å². The van der Waals surface area contributed by atoms with Gasteiger partial charge in [0.2, 0.25) is 0 Å². The molecule has 0 aliphatic rings. The van der Waals surface area contributed by atoms with Crippen LogP contribution in [0.1, 0.15) is 42.0 Å². The lowest BCUT2D eigenvalue weighted by Crippen LogP contribution is -2.15. The number of carbonyl (C=O) groups is 1. The van der Waals surface area contributed by atoms with Crippen molar-refractivity contribution in [3.63, 3.8) is 0 Å². The van der Waals surface area contributed by atoms with E-state index in [2.05, 4.69) is 19.2 Å². The van der Waals surface area contributed by atoms with Gasteiger partial charge in [0.15, 0.2) is 0 Å². The van der Waals surface area contributed by atoms with E-state index in [0.29, 0.717) is 22.4 Å². The van der Waals surface area contributed by atoms with Crippen LogP contribution in [0.3, 0.4) is 0 Å². The second kappa shape index (κ2) is 9.01. The summed E-state index contributed by atoms with van der Waals surface area (Å²) < 4.78 is 5.41. The van der Waals surface area contributed by atoms with E-state index in [4.69, 9.17) is 9.52 Å². The number of phenols is 1. The molecule has 1 heterocycles. The van der Waals surface area contributed by atoms with Gasteiger partial charge in [-0.15, -0.1) is 12.4 Å². The summed E-state index contributed by atoms with van der Waals surface area (Å²) in [5.74, 6) is -0.652. The number of halogens is 1. The summed E-state index contributed by atoms with van der Waals surface area (Å²) in [6.45, 7) is 6.19. The molecule has 0 spiro atoms. The first-order valence-corrected chi connectivity index (χ1v) is 9.10. The monoisotopic (exact) mass is 417 g/mol. The highest BCUT2D eigenvalue weighted by atomic mass is 35.5. The molecule has 0 fully saturated rings. The van der Waals surface area contributed by atoms with Gasteiger partial charge in [0.25, 0.3) is 0 Å². The maximum absolute atomic E-state index is 12.3. The Labute approximate surface area is 174 Å². The molecular weight excluding hydrogens is 394 g/mol. The van der Waals surface area contributed by atoms with Gasteiger partial charge in [-0.1, -0.05) is 26.0 Å². The van der Waals surface area contributed by atoms with Crippen LogP contribution in [0, 0.1) is 6.92 Å². The van der Waals surface area contributed by atoms with Crippen LogP contribution in [0.25, 0.3) is 11.0 Å². The van der Waals surface area contributed by atoms with Gasteiger partial charge in [0.1, 0.15) is 11.3 Å². The molecule has 3 rings (SSSR count). The molecule has 0 aliphatic heterocycles. The molecule has 6 nitrogen and oxygen atoms in total. The zero-order valence-electron chi connectivity index (χ0n) is 16.5. The quantitative estimate of drug-likeness (QED) is 0.507. The van der Waals surface area contributed by atoms with Crippen LogP contribution in [0.15, 0.2) is 45.6 Å². The number of aryl methyl sites for hydroxylation is 1. The van der Waals surface area contributed by atoms with E-state index in [-0.39, 0.29) is 35.8 Å². The molecule has 0 radical (unpaired) electrons. The number of fused-ring (bicyclic) bond motifs is 1. The lowest BCUT2D eigenvalue weighted by molar-refractivity contribution is -0.136. The van der Waals surface area contributed by atoms with E-state index in [1.807, 2.05) is 24.3 Å². The largest absolute Gasteiger partial charge is 0.507 e. The normalized spacial score (nSPS) is 10.8. The number of rotatable bonds is 6. The maximum Gasteiger partial charge on any atom is 0.340 e. The Bertz CT molecular complexity index is 1090. The number of hydrogen-bond donors (Lipinski definition) is 3. The smallest absolute Gasteiger partial charge is 0.340 e. The average molecular weight is 418 g/mol. The summed E-state index contributed by atoms with van der Waals surface area (Å²) >= 11 is 0. The predicted octanol–water partition coefficient (Wildman–Crippen LogP) is 4.59. The van der Waals surface area contributed by atoms with Crippen LogP contribution >= 0.6 is 12.4 Å². The van der Waals surface area contributed by atoms with Crippen molar-refractivity contribution in [1.82, 2.24) is 0 Å². The Morgan fingerprint density at radius 3 is 2.34 bits per heavy atom. The van der Waals surface area contributed by atoms with Crippen molar-refractivity contribution in [3.8, 4) is 5.75 Å². The molecule has 0 atom stereocenters. The van der Waals surface area contributed by atoms with Crippen LogP contribution in [0.5, 0.6) is 5.75 Å². The first-order chi connectivity index (χ1) is 13.3. The Balaban J connectivity index is 0.00000300. The van der Waals surface area contributed by atoms with Crippen LogP contribution in [0.4, 0.5) is 5.69 Å².